The first-order valence-electron chi connectivity index (χ1n) is 11.0. The molecule has 0 saturated heterocycles. The summed E-state index contributed by atoms with van der Waals surface area (Å²) in [5.41, 5.74) is 1.54. The Morgan fingerprint density at radius 1 is 1.00 bits per heavy atom. The number of hydrogen-bond acceptors (Lipinski definition) is 2. The SMILES string of the molecule is CC(C)(C)CCCCCCC(=O)N(Cc1ccccc1)OC1CCCCC1. The lowest BCUT2D eigenvalue weighted by Gasteiger charge is -2.29. The number of hydrogen-bond donors (Lipinski definition) is 0. The van der Waals surface area contributed by atoms with Gasteiger partial charge in [-0.15, -0.1) is 0 Å². The molecule has 0 atom stereocenters. The van der Waals surface area contributed by atoms with Crippen LogP contribution in [0.1, 0.15) is 97.0 Å². The molecule has 2 rings (SSSR count). The van der Waals surface area contributed by atoms with E-state index in [1.165, 1.54) is 38.5 Å². The Hall–Kier alpha value is -1.35. The Morgan fingerprint density at radius 3 is 2.33 bits per heavy atom. The molecule has 152 valence electrons. The molecule has 1 fully saturated rings. The monoisotopic (exact) mass is 373 g/mol. The normalized spacial score (nSPS) is 15.7. The van der Waals surface area contributed by atoms with Crippen molar-refractivity contribution in [2.45, 2.75) is 104 Å². The number of rotatable bonds is 10. The third-order valence-corrected chi connectivity index (χ3v) is 5.34. The number of carbonyl (C=O) groups excluding carboxylic acids is 1. The summed E-state index contributed by atoms with van der Waals surface area (Å²) in [6, 6.07) is 10.2. The number of hydroxylamine groups is 2. The molecule has 0 heterocycles. The van der Waals surface area contributed by atoms with E-state index in [9.17, 15) is 4.79 Å². The molecular formula is C24H39NO2. The van der Waals surface area contributed by atoms with Crippen LogP contribution < -0.4 is 0 Å². The number of benzene rings is 1. The van der Waals surface area contributed by atoms with E-state index in [1.807, 2.05) is 18.2 Å². The number of carbonyl (C=O) groups is 1. The van der Waals surface area contributed by atoms with Crippen LogP contribution in [0.25, 0.3) is 0 Å². The van der Waals surface area contributed by atoms with Gasteiger partial charge in [-0.05, 0) is 36.7 Å². The third kappa shape index (κ3) is 9.41. The second-order valence-electron chi connectivity index (χ2n) is 9.26. The van der Waals surface area contributed by atoms with Gasteiger partial charge in [-0.3, -0.25) is 9.63 Å². The van der Waals surface area contributed by atoms with E-state index in [1.54, 1.807) is 5.06 Å². The van der Waals surface area contributed by atoms with Crippen LogP contribution in [0.5, 0.6) is 0 Å². The minimum Gasteiger partial charge on any atom is -0.273 e. The van der Waals surface area contributed by atoms with Crippen molar-refractivity contribution in [1.82, 2.24) is 5.06 Å². The van der Waals surface area contributed by atoms with Crippen molar-refractivity contribution >= 4 is 5.91 Å². The lowest BCUT2D eigenvalue weighted by atomic mass is 9.89. The molecule has 1 aromatic carbocycles. The average molecular weight is 374 g/mol. The molecule has 3 heteroatoms. The third-order valence-electron chi connectivity index (χ3n) is 5.34. The first-order valence-corrected chi connectivity index (χ1v) is 11.0. The van der Waals surface area contributed by atoms with Gasteiger partial charge in [0.05, 0.1) is 12.6 Å². The standard InChI is InChI=1S/C24H39NO2/c1-24(2,3)19-13-5-4-12-18-23(26)25(20-21-14-8-6-9-15-21)27-22-16-10-7-11-17-22/h6,8-9,14-15,22H,4-5,7,10-13,16-20H2,1-3H3. The van der Waals surface area contributed by atoms with Crippen molar-refractivity contribution in [3.8, 4) is 0 Å². The molecule has 1 amide bonds. The number of nitrogens with zero attached hydrogens (tertiary/aromatic N) is 1. The minimum absolute atomic E-state index is 0.139. The van der Waals surface area contributed by atoms with Gasteiger partial charge in [0.15, 0.2) is 0 Å². The Morgan fingerprint density at radius 2 is 1.67 bits per heavy atom. The molecule has 1 aliphatic carbocycles. The lowest BCUT2D eigenvalue weighted by Crippen LogP contribution is -2.35. The summed E-state index contributed by atoms with van der Waals surface area (Å²) in [5, 5.41) is 1.65. The van der Waals surface area contributed by atoms with Crippen LogP contribution in [0.15, 0.2) is 30.3 Å². The fourth-order valence-electron chi connectivity index (χ4n) is 3.69. The molecule has 0 aromatic heterocycles. The lowest BCUT2D eigenvalue weighted by molar-refractivity contribution is -0.215. The Kier molecular flexibility index (Phi) is 9.33. The zero-order valence-corrected chi connectivity index (χ0v) is 17.7. The van der Waals surface area contributed by atoms with Crippen LogP contribution in [0, 0.1) is 5.41 Å². The van der Waals surface area contributed by atoms with Crippen LogP contribution in [0.3, 0.4) is 0 Å². The fraction of sp³-hybridized carbons (Fsp3) is 0.708. The maximum atomic E-state index is 12.8. The van der Waals surface area contributed by atoms with E-state index < -0.39 is 0 Å². The molecule has 0 spiro atoms. The molecular weight excluding hydrogens is 334 g/mol. The highest BCUT2D eigenvalue weighted by Crippen LogP contribution is 2.24. The summed E-state index contributed by atoms with van der Waals surface area (Å²) in [6.45, 7) is 7.43. The molecule has 3 nitrogen and oxygen atoms in total. The van der Waals surface area contributed by atoms with Gasteiger partial charge in [0.2, 0.25) is 5.91 Å². The molecule has 0 unspecified atom stereocenters. The maximum absolute atomic E-state index is 12.8. The molecule has 1 saturated carbocycles. The van der Waals surface area contributed by atoms with E-state index in [2.05, 4.69) is 32.9 Å². The maximum Gasteiger partial charge on any atom is 0.246 e. The summed E-state index contributed by atoms with van der Waals surface area (Å²) in [5.74, 6) is 0.139. The first-order chi connectivity index (χ1) is 12.9. The highest BCUT2D eigenvalue weighted by molar-refractivity contribution is 5.75. The molecule has 1 aliphatic rings. The van der Waals surface area contributed by atoms with Gasteiger partial charge in [0.1, 0.15) is 0 Å². The van der Waals surface area contributed by atoms with Crippen molar-refractivity contribution in [3.05, 3.63) is 35.9 Å². The van der Waals surface area contributed by atoms with Gasteiger partial charge in [-0.25, -0.2) is 5.06 Å². The average Bonchev–Trinajstić information content (AvgIpc) is 2.64. The zero-order chi connectivity index (χ0) is 19.5. The quantitative estimate of drug-likeness (QED) is 0.339. The molecule has 27 heavy (non-hydrogen) atoms. The van der Waals surface area contributed by atoms with Crippen LogP contribution in [0.4, 0.5) is 0 Å². The predicted molar refractivity (Wildman–Crippen MR) is 112 cm³/mol. The van der Waals surface area contributed by atoms with E-state index in [4.69, 9.17) is 4.84 Å². The van der Waals surface area contributed by atoms with Crippen molar-refractivity contribution < 1.29 is 9.63 Å². The van der Waals surface area contributed by atoms with Crippen molar-refractivity contribution in [2.24, 2.45) is 5.41 Å². The van der Waals surface area contributed by atoms with Crippen molar-refractivity contribution in [1.29, 1.82) is 0 Å². The summed E-state index contributed by atoms with van der Waals surface area (Å²) in [4.78, 5) is 19.0. The molecule has 0 N–H and O–H groups in total. The van der Waals surface area contributed by atoms with E-state index in [0.717, 1.165) is 31.2 Å². The summed E-state index contributed by atoms with van der Waals surface area (Å²) in [6.07, 6.45) is 12.5. The van der Waals surface area contributed by atoms with Crippen LogP contribution >= 0.6 is 0 Å². The Bertz CT molecular complexity index is 529. The van der Waals surface area contributed by atoms with E-state index in [-0.39, 0.29) is 12.0 Å². The topological polar surface area (TPSA) is 29.5 Å². The van der Waals surface area contributed by atoms with Gasteiger partial charge in [0.25, 0.3) is 0 Å². The highest BCUT2D eigenvalue weighted by Gasteiger charge is 2.22. The van der Waals surface area contributed by atoms with Gasteiger partial charge < -0.3 is 0 Å². The first kappa shape index (κ1) is 21.9. The summed E-state index contributed by atoms with van der Waals surface area (Å²) < 4.78 is 0. The van der Waals surface area contributed by atoms with Crippen molar-refractivity contribution in [2.75, 3.05) is 0 Å². The Labute approximate surface area is 166 Å². The molecule has 0 aliphatic heterocycles. The van der Waals surface area contributed by atoms with Crippen LogP contribution in [-0.4, -0.2) is 17.1 Å². The molecule has 0 radical (unpaired) electrons. The number of unbranched alkanes of at least 4 members (excludes halogenated alkanes) is 3. The second kappa shape index (κ2) is 11.5. The smallest absolute Gasteiger partial charge is 0.246 e. The van der Waals surface area contributed by atoms with Crippen LogP contribution in [-0.2, 0) is 16.2 Å². The van der Waals surface area contributed by atoms with Crippen molar-refractivity contribution in [3.63, 3.8) is 0 Å². The second-order valence-corrected chi connectivity index (χ2v) is 9.26. The van der Waals surface area contributed by atoms with E-state index >= 15 is 0 Å². The summed E-state index contributed by atoms with van der Waals surface area (Å²) >= 11 is 0. The number of amides is 1. The zero-order valence-electron chi connectivity index (χ0n) is 17.7. The Balaban J connectivity index is 1.79. The largest absolute Gasteiger partial charge is 0.273 e. The van der Waals surface area contributed by atoms with Gasteiger partial charge in [0, 0.05) is 6.42 Å². The van der Waals surface area contributed by atoms with Gasteiger partial charge >= 0.3 is 0 Å². The predicted octanol–water partition coefficient (Wildman–Crippen LogP) is 6.67. The van der Waals surface area contributed by atoms with Gasteiger partial charge in [-0.1, -0.05) is 89.6 Å². The van der Waals surface area contributed by atoms with Gasteiger partial charge in [-0.2, -0.15) is 0 Å². The fourth-order valence-corrected chi connectivity index (χ4v) is 3.69. The minimum atomic E-state index is 0.139. The van der Waals surface area contributed by atoms with E-state index in [0.29, 0.717) is 18.4 Å². The van der Waals surface area contributed by atoms with Crippen LogP contribution in [0.2, 0.25) is 0 Å². The molecule has 1 aromatic rings. The highest BCUT2D eigenvalue weighted by atomic mass is 16.7. The summed E-state index contributed by atoms with van der Waals surface area (Å²) in [7, 11) is 0. The molecule has 0 bridgehead atoms.